The first-order valence-corrected chi connectivity index (χ1v) is 16.2. The summed E-state index contributed by atoms with van der Waals surface area (Å²) < 4.78 is 0. The second kappa shape index (κ2) is 11.7. The van der Waals surface area contributed by atoms with E-state index in [0.29, 0.717) is 5.82 Å². The Labute approximate surface area is 278 Å². The van der Waals surface area contributed by atoms with Crippen LogP contribution in [-0.4, -0.2) is 15.0 Å². The molecule has 0 spiro atoms. The topological polar surface area (TPSA) is 38.7 Å². The zero-order valence-corrected chi connectivity index (χ0v) is 26.1. The lowest BCUT2D eigenvalue weighted by atomic mass is 9.89. The third-order valence-corrected chi connectivity index (χ3v) is 9.05. The minimum Gasteiger partial charge on any atom is -0.247 e. The number of hydrogen-bond donors (Lipinski definition) is 0. The minimum atomic E-state index is 0.697. The van der Waals surface area contributed by atoms with Crippen LogP contribution in [0.2, 0.25) is 0 Å². The summed E-state index contributed by atoms with van der Waals surface area (Å²) in [5, 5.41) is 5.90. The van der Waals surface area contributed by atoms with E-state index in [4.69, 9.17) is 15.0 Å². The lowest BCUT2D eigenvalue weighted by Crippen LogP contribution is -1.97. The van der Waals surface area contributed by atoms with Crippen LogP contribution in [-0.2, 0) is 0 Å². The first-order valence-electron chi connectivity index (χ1n) is 16.2. The maximum atomic E-state index is 5.42. The molecule has 2 heterocycles. The van der Waals surface area contributed by atoms with Gasteiger partial charge in [0.05, 0.1) is 22.6 Å². The number of rotatable bonds is 5. The van der Waals surface area contributed by atoms with Crippen molar-refractivity contribution in [3.63, 3.8) is 0 Å². The molecule has 0 atom stereocenters. The van der Waals surface area contributed by atoms with E-state index in [1.807, 2.05) is 36.4 Å². The smallest absolute Gasteiger partial charge is 0.160 e. The van der Waals surface area contributed by atoms with Gasteiger partial charge in [-0.2, -0.15) is 0 Å². The van der Waals surface area contributed by atoms with E-state index in [1.165, 1.54) is 27.3 Å². The zero-order valence-electron chi connectivity index (χ0n) is 26.1. The summed E-state index contributed by atoms with van der Waals surface area (Å²) in [6.45, 7) is 0. The van der Waals surface area contributed by atoms with Crippen molar-refractivity contribution in [2.45, 2.75) is 0 Å². The molecular weight excluding hydrogens is 583 g/mol. The van der Waals surface area contributed by atoms with Crippen molar-refractivity contribution in [2.24, 2.45) is 0 Å². The summed E-state index contributed by atoms with van der Waals surface area (Å²) in [7, 11) is 0. The highest BCUT2D eigenvalue weighted by Gasteiger charge is 2.18. The summed E-state index contributed by atoms with van der Waals surface area (Å²) in [5.74, 6) is 0.697. The van der Waals surface area contributed by atoms with Gasteiger partial charge in [0.1, 0.15) is 0 Å². The molecule has 0 fully saturated rings. The number of pyridine rings is 1. The van der Waals surface area contributed by atoms with Crippen LogP contribution in [0.1, 0.15) is 0 Å². The highest BCUT2D eigenvalue weighted by Crippen LogP contribution is 2.42. The molecule has 0 amide bonds. The van der Waals surface area contributed by atoms with E-state index in [9.17, 15) is 0 Å². The van der Waals surface area contributed by atoms with Gasteiger partial charge in [-0.1, -0.05) is 158 Å². The SMILES string of the molecule is c1ccc(-c2cc(-c3ccc4c(c3)nc(-c3ccccc3)c3cc(-c5ccccc5)c5ccccc5c34)nc(-c3ccccc3)n2)cc1. The highest BCUT2D eigenvalue weighted by atomic mass is 14.9. The van der Waals surface area contributed by atoms with E-state index < -0.39 is 0 Å². The summed E-state index contributed by atoms with van der Waals surface area (Å²) in [6, 6.07) is 61.4. The maximum absolute atomic E-state index is 5.42. The Bertz CT molecular complexity index is 2520. The van der Waals surface area contributed by atoms with E-state index in [2.05, 4.69) is 140 Å². The standard InChI is InChI=1S/C45H29N3/c1-5-15-30(16-6-1)38-28-39-43(36-24-14-13-23-35(36)38)37-26-25-34(27-42(37)46-44(39)32-19-9-3-10-20-32)41-29-40(31-17-7-2-8-18-31)47-45(48-41)33-21-11-4-12-22-33/h1-29H. The Balaban J connectivity index is 1.33. The molecule has 0 saturated carbocycles. The van der Waals surface area contributed by atoms with Crippen molar-refractivity contribution in [3.05, 3.63) is 176 Å². The normalized spacial score (nSPS) is 11.3. The Kier molecular flexibility index (Phi) is 6.80. The molecule has 9 rings (SSSR count). The molecule has 3 nitrogen and oxygen atoms in total. The molecule has 48 heavy (non-hydrogen) atoms. The lowest BCUT2D eigenvalue weighted by molar-refractivity contribution is 1.18. The Morgan fingerprint density at radius 1 is 0.312 bits per heavy atom. The van der Waals surface area contributed by atoms with E-state index in [1.54, 1.807) is 0 Å². The van der Waals surface area contributed by atoms with Crippen LogP contribution in [0.5, 0.6) is 0 Å². The fraction of sp³-hybridized carbons (Fsp3) is 0. The van der Waals surface area contributed by atoms with Gasteiger partial charge in [-0.15, -0.1) is 0 Å². The van der Waals surface area contributed by atoms with Crippen LogP contribution < -0.4 is 0 Å². The summed E-state index contributed by atoms with van der Waals surface area (Å²) in [4.78, 5) is 15.5. The second-order valence-electron chi connectivity index (χ2n) is 12.0. The predicted octanol–water partition coefficient (Wildman–Crippen LogP) is 11.7. The van der Waals surface area contributed by atoms with Gasteiger partial charge in [0.15, 0.2) is 5.82 Å². The van der Waals surface area contributed by atoms with Crippen LogP contribution in [0.15, 0.2) is 176 Å². The summed E-state index contributed by atoms with van der Waals surface area (Å²) in [6.07, 6.45) is 0. The molecule has 0 saturated heterocycles. The summed E-state index contributed by atoms with van der Waals surface area (Å²) in [5.41, 5.74) is 10.2. The molecule has 224 valence electrons. The first kappa shape index (κ1) is 27.8. The second-order valence-corrected chi connectivity index (χ2v) is 12.0. The molecule has 3 heteroatoms. The number of aromatic nitrogens is 3. The number of nitrogens with zero attached hydrogens (tertiary/aromatic N) is 3. The van der Waals surface area contributed by atoms with Gasteiger partial charge < -0.3 is 0 Å². The zero-order chi connectivity index (χ0) is 31.9. The monoisotopic (exact) mass is 611 g/mol. The van der Waals surface area contributed by atoms with E-state index in [0.717, 1.165) is 55.6 Å². The summed E-state index contributed by atoms with van der Waals surface area (Å²) >= 11 is 0. The molecule has 0 unspecified atom stereocenters. The minimum absolute atomic E-state index is 0.697. The fourth-order valence-electron chi connectivity index (χ4n) is 6.77. The third kappa shape index (κ3) is 4.90. The van der Waals surface area contributed by atoms with Crippen molar-refractivity contribution in [1.29, 1.82) is 0 Å². The molecular formula is C45H29N3. The molecule has 0 radical (unpaired) electrons. The van der Waals surface area contributed by atoms with Crippen molar-refractivity contribution >= 4 is 32.4 Å². The number of fused-ring (bicyclic) bond motifs is 5. The predicted molar refractivity (Wildman–Crippen MR) is 200 cm³/mol. The number of benzene rings is 7. The maximum Gasteiger partial charge on any atom is 0.160 e. The van der Waals surface area contributed by atoms with Crippen LogP contribution >= 0.6 is 0 Å². The van der Waals surface area contributed by atoms with Gasteiger partial charge in [-0.05, 0) is 40.1 Å². The molecule has 0 aliphatic rings. The Morgan fingerprint density at radius 2 is 0.854 bits per heavy atom. The van der Waals surface area contributed by atoms with Gasteiger partial charge >= 0.3 is 0 Å². The first-order chi connectivity index (χ1) is 23.8. The number of hydrogen-bond acceptors (Lipinski definition) is 3. The molecule has 0 aliphatic carbocycles. The lowest BCUT2D eigenvalue weighted by Gasteiger charge is -2.17. The average molecular weight is 612 g/mol. The van der Waals surface area contributed by atoms with E-state index >= 15 is 0 Å². The van der Waals surface area contributed by atoms with Crippen LogP contribution in [0.4, 0.5) is 0 Å². The quantitative estimate of drug-likeness (QED) is 0.182. The largest absolute Gasteiger partial charge is 0.247 e. The molecule has 0 aliphatic heterocycles. The van der Waals surface area contributed by atoms with Gasteiger partial charge in [-0.25, -0.2) is 15.0 Å². The Morgan fingerprint density at radius 3 is 1.52 bits per heavy atom. The van der Waals surface area contributed by atoms with Crippen molar-refractivity contribution in [1.82, 2.24) is 15.0 Å². The van der Waals surface area contributed by atoms with Crippen molar-refractivity contribution < 1.29 is 0 Å². The third-order valence-electron chi connectivity index (χ3n) is 9.05. The van der Waals surface area contributed by atoms with Crippen LogP contribution in [0, 0.1) is 0 Å². The highest BCUT2D eigenvalue weighted by molar-refractivity contribution is 6.25. The van der Waals surface area contributed by atoms with Gasteiger partial charge in [0.25, 0.3) is 0 Å². The molecule has 0 bridgehead atoms. The molecule has 9 aromatic rings. The van der Waals surface area contributed by atoms with Gasteiger partial charge in [0.2, 0.25) is 0 Å². The molecule has 2 aromatic heterocycles. The van der Waals surface area contributed by atoms with Gasteiger partial charge in [-0.3, -0.25) is 0 Å². The van der Waals surface area contributed by atoms with Crippen LogP contribution in [0.25, 0.3) is 88.7 Å². The molecule has 0 N–H and O–H groups in total. The fourth-order valence-corrected chi connectivity index (χ4v) is 6.77. The van der Waals surface area contributed by atoms with Crippen LogP contribution in [0.3, 0.4) is 0 Å². The van der Waals surface area contributed by atoms with Gasteiger partial charge in [0, 0.05) is 38.4 Å². The van der Waals surface area contributed by atoms with E-state index in [-0.39, 0.29) is 0 Å². The Hall–Kier alpha value is -6.45. The van der Waals surface area contributed by atoms with Crippen molar-refractivity contribution in [3.8, 4) is 56.3 Å². The average Bonchev–Trinajstić information content (AvgIpc) is 3.18. The van der Waals surface area contributed by atoms with Crippen molar-refractivity contribution in [2.75, 3.05) is 0 Å². The molecule has 7 aromatic carbocycles.